The van der Waals surface area contributed by atoms with E-state index in [-0.39, 0.29) is 5.41 Å². The molecule has 2 aromatic heterocycles. The van der Waals surface area contributed by atoms with E-state index in [0.717, 1.165) is 31.1 Å². The van der Waals surface area contributed by atoms with Crippen molar-refractivity contribution in [3.8, 4) is 0 Å². The van der Waals surface area contributed by atoms with E-state index in [1.54, 1.807) is 0 Å². The molecule has 0 aliphatic carbocycles. The topological polar surface area (TPSA) is 45.2 Å². The summed E-state index contributed by atoms with van der Waals surface area (Å²) in [6, 6.07) is 8.85. The molecule has 0 aromatic carbocycles. The number of hydrogen-bond donors (Lipinski definition) is 0. The van der Waals surface area contributed by atoms with Crippen LogP contribution in [-0.2, 0) is 12.0 Å². The Kier molecular flexibility index (Phi) is 4.31. The fourth-order valence-electron chi connectivity index (χ4n) is 2.72. The summed E-state index contributed by atoms with van der Waals surface area (Å²) in [5.74, 6) is 0.976. The number of likely N-dealkylation sites (N-methyl/N-ethyl adjacent to an activating group) is 1. The number of nitrogens with zero attached hydrogens (tertiary/aromatic N) is 5. The lowest BCUT2D eigenvalue weighted by atomic mass is 9.92. The Balaban J connectivity index is 1.54. The lowest BCUT2D eigenvalue weighted by Gasteiger charge is -2.44. The van der Waals surface area contributed by atoms with Gasteiger partial charge in [0.1, 0.15) is 0 Å². The Hall–Kier alpha value is -2.01. The van der Waals surface area contributed by atoms with Gasteiger partial charge in [0.05, 0.1) is 5.69 Å². The maximum absolute atomic E-state index is 4.39. The van der Waals surface area contributed by atoms with Gasteiger partial charge < -0.3 is 4.90 Å². The summed E-state index contributed by atoms with van der Waals surface area (Å²) >= 11 is 0. The normalized spacial score (nSPS) is 15.8. The Labute approximate surface area is 138 Å². The fourth-order valence-corrected chi connectivity index (χ4v) is 2.72. The molecule has 1 aliphatic heterocycles. The second-order valence-corrected chi connectivity index (χ2v) is 7.36. The molecule has 1 fully saturated rings. The molecule has 0 radical (unpaired) electrons. The van der Waals surface area contributed by atoms with Gasteiger partial charge in [-0.3, -0.25) is 9.88 Å². The molecule has 1 aliphatic rings. The number of anilines is 1. The van der Waals surface area contributed by atoms with Crippen LogP contribution >= 0.6 is 0 Å². The molecule has 5 nitrogen and oxygen atoms in total. The van der Waals surface area contributed by atoms with Crippen molar-refractivity contribution in [2.75, 3.05) is 25.0 Å². The molecule has 0 bridgehead atoms. The maximum Gasteiger partial charge on any atom is 0.151 e. The Bertz CT molecular complexity index is 627. The highest BCUT2D eigenvalue weighted by atomic mass is 15.4. The predicted octanol–water partition coefficient (Wildman–Crippen LogP) is 2.49. The minimum absolute atomic E-state index is 0.0486. The zero-order valence-electron chi connectivity index (χ0n) is 14.4. The fraction of sp³-hybridized carbons (Fsp3) is 0.500. The highest BCUT2D eigenvalue weighted by Crippen LogP contribution is 2.24. The molecule has 0 atom stereocenters. The minimum atomic E-state index is 0.0486. The van der Waals surface area contributed by atoms with Gasteiger partial charge in [-0.1, -0.05) is 26.8 Å². The summed E-state index contributed by atoms with van der Waals surface area (Å²) in [5, 5.41) is 8.77. The highest BCUT2D eigenvalue weighted by molar-refractivity contribution is 5.42. The summed E-state index contributed by atoms with van der Waals surface area (Å²) in [6.45, 7) is 9.40. The minimum Gasteiger partial charge on any atom is -0.352 e. The maximum atomic E-state index is 4.39. The van der Waals surface area contributed by atoms with Gasteiger partial charge in [0.2, 0.25) is 0 Å². The van der Waals surface area contributed by atoms with Crippen molar-refractivity contribution in [2.45, 2.75) is 38.8 Å². The summed E-state index contributed by atoms with van der Waals surface area (Å²) in [6.07, 6.45) is 3.75. The van der Waals surface area contributed by atoms with E-state index in [1.165, 1.54) is 5.56 Å². The average molecular weight is 311 g/mol. The lowest BCUT2D eigenvalue weighted by Crippen LogP contribution is -2.58. The second-order valence-electron chi connectivity index (χ2n) is 7.36. The number of pyridine rings is 1. The zero-order chi connectivity index (χ0) is 16.4. The van der Waals surface area contributed by atoms with E-state index in [1.807, 2.05) is 18.5 Å². The smallest absolute Gasteiger partial charge is 0.151 e. The molecule has 5 heteroatoms. The van der Waals surface area contributed by atoms with Crippen LogP contribution < -0.4 is 4.90 Å². The third-order valence-electron chi connectivity index (χ3n) is 4.38. The number of aromatic nitrogens is 3. The Morgan fingerprint density at radius 1 is 1.17 bits per heavy atom. The molecular weight excluding hydrogens is 286 g/mol. The van der Waals surface area contributed by atoms with Crippen molar-refractivity contribution in [3.63, 3.8) is 0 Å². The van der Waals surface area contributed by atoms with E-state index < -0.39 is 0 Å². The molecule has 122 valence electrons. The van der Waals surface area contributed by atoms with Crippen molar-refractivity contribution in [1.29, 1.82) is 0 Å². The summed E-state index contributed by atoms with van der Waals surface area (Å²) in [4.78, 5) is 8.84. The first-order chi connectivity index (χ1) is 10.9. The molecule has 23 heavy (non-hydrogen) atoms. The molecule has 3 rings (SSSR count). The first kappa shape index (κ1) is 15.9. The Morgan fingerprint density at radius 2 is 1.96 bits per heavy atom. The second kappa shape index (κ2) is 6.24. The van der Waals surface area contributed by atoms with Gasteiger partial charge in [0, 0.05) is 43.5 Å². The number of hydrogen-bond acceptors (Lipinski definition) is 5. The first-order valence-electron chi connectivity index (χ1n) is 8.12. The monoisotopic (exact) mass is 311 g/mol. The van der Waals surface area contributed by atoms with Gasteiger partial charge in [0.25, 0.3) is 0 Å². The molecule has 2 aromatic rings. The Morgan fingerprint density at radius 3 is 2.52 bits per heavy atom. The van der Waals surface area contributed by atoms with Crippen molar-refractivity contribution < 1.29 is 0 Å². The summed E-state index contributed by atoms with van der Waals surface area (Å²) in [5.41, 5.74) is 2.34. The van der Waals surface area contributed by atoms with Crippen LogP contribution in [-0.4, -0.2) is 46.3 Å². The molecule has 0 N–H and O–H groups in total. The van der Waals surface area contributed by atoms with E-state index in [9.17, 15) is 0 Å². The van der Waals surface area contributed by atoms with Gasteiger partial charge in [-0.15, -0.1) is 5.10 Å². The molecule has 3 heterocycles. The van der Waals surface area contributed by atoms with Gasteiger partial charge >= 0.3 is 0 Å². The van der Waals surface area contributed by atoms with E-state index in [0.29, 0.717) is 6.04 Å². The first-order valence-corrected chi connectivity index (χ1v) is 8.12. The molecule has 0 unspecified atom stereocenters. The number of rotatable bonds is 4. The van der Waals surface area contributed by atoms with Crippen LogP contribution in [0.3, 0.4) is 0 Å². The third-order valence-corrected chi connectivity index (χ3v) is 4.38. The highest BCUT2D eigenvalue weighted by Gasteiger charge is 2.31. The van der Waals surface area contributed by atoms with Gasteiger partial charge in [-0.25, -0.2) is 0 Å². The van der Waals surface area contributed by atoms with E-state index >= 15 is 0 Å². The molecule has 0 spiro atoms. The summed E-state index contributed by atoms with van der Waals surface area (Å²) < 4.78 is 0. The SMILES string of the molecule is CN(Cc1cccnc1)C1CN(c2ccc(C(C)(C)C)nn2)C1. The molecular formula is C18H25N5. The van der Waals surface area contributed by atoms with Crippen LogP contribution in [0.5, 0.6) is 0 Å². The van der Waals surface area contributed by atoms with Crippen molar-refractivity contribution in [2.24, 2.45) is 0 Å². The van der Waals surface area contributed by atoms with E-state index in [4.69, 9.17) is 0 Å². The third kappa shape index (κ3) is 3.67. The summed E-state index contributed by atoms with van der Waals surface area (Å²) in [7, 11) is 2.17. The zero-order valence-corrected chi connectivity index (χ0v) is 14.4. The van der Waals surface area contributed by atoms with Crippen molar-refractivity contribution >= 4 is 5.82 Å². The largest absolute Gasteiger partial charge is 0.352 e. The van der Waals surface area contributed by atoms with Crippen molar-refractivity contribution in [1.82, 2.24) is 20.1 Å². The van der Waals surface area contributed by atoms with Crippen LogP contribution in [0.4, 0.5) is 5.82 Å². The molecule has 0 amide bonds. The van der Waals surface area contributed by atoms with Crippen LogP contribution in [0, 0.1) is 0 Å². The van der Waals surface area contributed by atoms with Crippen LogP contribution in [0.1, 0.15) is 32.0 Å². The van der Waals surface area contributed by atoms with Crippen LogP contribution in [0.2, 0.25) is 0 Å². The molecule has 0 saturated carbocycles. The lowest BCUT2D eigenvalue weighted by molar-refractivity contribution is 0.196. The van der Waals surface area contributed by atoms with E-state index in [2.05, 4.69) is 71.0 Å². The van der Waals surface area contributed by atoms with Gasteiger partial charge in [-0.05, 0) is 30.8 Å². The predicted molar refractivity (Wildman–Crippen MR) is 92.4 cm³/mol. The standard InChI is InChI=1S/C18H25N5/c1-18(2,3)16-7-8-17(21-20-16)23-12-15(13-23)22(4)11-14-6-5-9-19-10-14/h5-10,15H,11-13H2,1-4H3. The van der Waals surface area contributed by atoms with Crippen LogP contribution in [0.15, 0.2) is 36.7 Å². The average Bonchev–Trinajstić information content (AvgIpc) is 2.46. The van der Waals surface area contributed by atoms with Gasteiger partial charge in [0.15, 0.2) is 5.82 Å². The van der Waals surface area contributed by atoms with Crippen molar-refractivity contribution in [3.05, 3.63) is 47.9 Å². The quantitative estimate of drug-likeness (QED) is 0.868. The van der Waals surface area contributed by atoms with Crippen LogP contribution in [0.25, 0.3) is 0 Å². The van der Waals surface area contributed by atoms with Gasteiger partial charge in [-0.2, -0.15) is 5.10 Å². The molecule has 1 saturated heterocycles.